The summed E-state index contributed by atoms with van der Waals surface area (Å²) in [5, 5.41) is 0. The smallest absolute Gasteiger partial charge is 0.154 e. The molecule has 1 aliphatic carbocycles. The first-order chi connectivity index (χ1) is 10.4. The van der Waals surface area contributed by atoms with Crippen LogP contribution < -0.4 is 10.6 Å². The first-order valence-electron chi connectivity index (χ1n) is 7.43. The summed E-state index contributed by atoms with van der Waals surface area (Å²) < 4.78 is 0. The number of hydrogen-bond donors (Lipinski definition) is 1. The molecule has 110 valence electrons. The molecule has 1 fully saturated rings. The van der Waals surface area contributed by atoms with E-state index < -0.39 is 0 Å². The Kier molecular flexibility index (Phi) is 4.35. The van der Waals surface area contributed by atoms with E-state index in [2.05, 4.69) is 19.9 Å². The maximum Gasteiger partial charge on any atom is 0.154 e. The third-order valence-electron chi connectivity index (χ3n) is 4.02. The minimum absolute atomic E-state index is 0.154. The van der Waals surface area contributed by atoms with Crippen LogP contribution >= 0.6 is 0 Å². The first-order valence-corrected chi connectivity index (χ1v) is 7.43. The molecule has 0 bridgehead atoms. The molecule has 2 heterocycles. The van der Waals surface area contributed by atoms with Crippen LogP contribution in [0.15, 0.2) is 37.2 Å². The van der Waals surface area contributed by atoms with Gasteiger partial charge < -0.3 is 5.73 Å². The normalized spacial score (nSPS) is 17.4. The highest BCUT2D eigenvalue weighted by Crippen LogP contribution is 2.31. The third kappa shape index (κ3) is 3.16. The number of hydrogen-bond acceptors (Lipinski definition) is 6. The number of aromatic nitrogens is 4. The maximum absolute atomic E-state index is 6.55. The van der Waals surface area contributed by atoms with E-state index in [0.29, 0.717) is 5.92 Å². The predicted octanol–water partition coefficient (Wildman–Crippen LogP) is 2.27. The van der Waals surface area contributed by atoms with Crippen LogP contribution in [-0.4, -0.2) is 26.1 Å². The fourth-order valence-electron chi connectivity index (χ4n) is 2.94. The molecule has 0 aliphatic heterocycles. The van der Waals surface area contributed by atoms with Gasteiger partial charge in [0.25, 0.3) is 0 Å². The van der Waals surface area contributed by atoms with Crippen LogP contribution in [0.2, 0.25) is 0 Å². The van der Waals surface area contributed by atoms with E-state index in [1.165, 1.54) is 19.3 Å². The number of nitrogens with two attached hydrogens (primary N) is 1. The van der Waals surface area contributed by atoms with Crippen LogP contribution in [0.3, 0.4) is 0 Å². The molecule has 0 amide bonds. The molecule has 2 N–H and O–H groups in total. The average Bonchev–Trinajstić information content (AvgIpc) is 2.58. The van der Waals surface area contributed by atoms with Gasteiger partial charge in [-0.2, -0.15) is 0 Å². The molecule has 1 saturated carbocycles. The van der Waals surface area contributed by atoms with E-state index in [9.17, 15) is 0 Å². The Morgan fingerprint density at radius 1 is 0.905 bits per heavy atom. The van der Waals surface area contributed by atoms with Crippen molar-refractivity contribution in [2.24, 2.45) is 11.7 Å². The quantitative estimate of drug-likeness (QED) is 0.867. The molecule has 1 atom stereocenters. The summed E-state index contributed by atoms with van der Waals surface area (Å²) in [6, 6.07) is 0. The molecular formula is C15H20N6. The minimum Gasteiger partial charge on any atom is -0.311 e. The summed E-state index contributed by atoms with van der Waals surface area (Å²) in [6.07, 6.45) is 16.0. The van der Waals surface area contributed by atoms with Gasteiger partial charge >= 0.3 is 0 Å². The van der Waals surface area contributed by atoms with Crippen LogP contribution in [-0.2, 0) is 0 Å². The Balaban J connectivity index is 1.92. The lowest BCUT2D eigenvalue weighted by molar-refractivity contribution is 0.305. The van der Waals surface area contributed by atoms with Gasteiger partial charge in [-0.05, 0) is 18.8 Å². The highest BCUT2D eigenvalue weighted by molar-refractivity contribution is 5.54. The molecule has 0 saturated heterocycles. The van der Waals surface area contributed by atoms with Crippen molar-refractivity contribution in [3.63, 3.8) is 0 Å². The zero-order chi connectivity index (χ0) is 14.5. The van der Waals surface area contributed by atoms with Gasteiger partial charge in [0.2, 0.25) is 0 Å². The standard InChI is InChI=1S/C15H20N6/c16-15(12-4-2-1-3-5-12)21(13-10-17-6-8-19-13)14-11-18-7-9-20-14/h6-12,15H,1-5,16H2. The summed E-state index contributed by atoms with van der Waals surface area (Å²) in [4.78, 5) is 19.0. The maximum atomic E-state index is 6.55. The second-order valence-electron chi connectivity index (χ2n) is 5.39. The van der Waals surface area contributed by atoms with Gasteiger partial charge in [0.1, 0.15) is 0 Å². The van der Waals surface area contributed by atoms with E-state index in [1.807, 2.05) is 4.90 Å². The highest BCUT2D eigenvalue weighted by atomic mass is 15.3. The lowest BCUT2D eigenvalue weighted by Crippen LogP contribution is -2.46. The van der Waals surface area contributed by atoms with E-state index in [1.54, 1.807) is 37.2 Å². The Bertz CT molecular complexity index is 501. The van der Waals surface area contributed by atoms with Gasteiger partial charge in [0.05, 0.1) is 18.6 Å². The van der Waals surface area contributed by atoms with E-state index in [0.717, 1.165) is 24.5 Å². The predicted molar refractivity (Wildman–Crippen MR) is 80.8 cm³/mol. The van der Waals surface area contributed by atoms with E-state index >= 15 is 0 Å². The van der Waals surface area contributed by atoms with Crippen molar-refractivity contribution in [1.82, 2.24) is 19.9 Å². The van der Waals surface area contributed by atoms with Crippen LogP contribution in [0.4, 0.5) is 11.6 Å². The van der Waals surface area contributed by atoms with Gasteiger partial charge in [-0.3, -0.25) is 14.9 Å². The third-order valence-corrected chi connectivity index (χ3v) is 4.02. The molecule has 3 rings (SSSR count). The van der Waals surface area contributed by atoms with Gasteiger partial charge in [0, 0.05) is 24.8 Å². The number of rotatable bonds is 4. The van der Waals surface area contributed by atoms with Gasteiger partial charge in [-0.25, -0.2) is 9.97 Å². The Labute approximate surface area is 124 Å². The second kappa shape index (κ2) is 6.58. The summed E-state index contributed by atoms with van der Waals surface area (Å²) >= 11 is 0. The molecule has 0 radical (unpaired) electrons. The van der Waals surface area contributed by atoms with Crippen molar-refractivity contribution in [1.29, 1.82) is 0 Å². The van der Waals surface area contributed by atoms with Crippen molar-refractivity contribution in [3.8, 4) is 0 Å². The van der Waals surface area contributed by atoms with E-state index in [-0.39, 0.29) is 6.17 Å². The molecule has 6 nitrogen and oxygen atoms in total. The average molecular weight is 284 g/mol. The second-order valence-corrected chi connectivity index (χ2v) is 5.39. The van der Waals surface area contributed by atoms with Crippen molar-refractivity contribution in [2.75, 3.05) is 4.90 Å². The van der Waals surface area contributed by atoms with Crippen molar-refractivity contribution in [3.05, 3.63) is 37.2 Å². The monoisotopic (exact) mass is 284 g/mol. The zero-order valence-corrected chi connectivity index (χ0v) is 12.0. The fraction of sp³-hybridized carbons (Fsp3) is 0.467. The molecule has 1 aliphatic rings. The van der Waals surface area contributed by atoms with Crippen molar-refractivity contribution < 1.29 is 0 Å². The number of anilines is 2. The molecule has 0 spiro atoms. The highest BCUT2D eigenvalue weighted by Gasteiger charge is 2.28. The summed E-state index contributed by atoms with van der Waals surface area (Å²) in [6.45, 7) is 0. The first kappa shape index (κ1) is 13.9. The van der Waals surface area contributed by atoms with Crippen LogP contribution in [0.1, 0.15) is 32.1 Å². The van der Waals surface area contributed by atoms with Crippen LogP contribution in [0, 0.1) is 5.92 Å². The molecule has 21 heavy (non-hydrogen) atoms. The largest absolute Gasteiger partial charge is 0.311 e. The van der Waals surface area contributed by atoms with Crippen LogP contribution in [0.5, 0.6) is 0 Å². The van der Waals surface area contributed by atoms with Crippen LogP contribution in [0.25, 0.3) is 0 Å². The van der Waals surface area contributed by atoms with Gasteiger partial charge in [-0.15, -0.1) is 0 Å². The number of nitrogens with zero attached hydrogens (tertiary/aromatic N) is 5. The molecule has 6 heteroatoms. The SMILES string of the molecule is NC(C1CCCCC1)N(c1cnccn1)c1cnccn1. The zero-order valence-electron chi connectivity index (χ0n) is 12.0. The minimum atomic E-state index is -0.154. The molecule has 2 aromatic heterocycles. The van der Waals surface area contributed by atoms with Crippen molar-refractivity contribution >= 4 is 11.6 Å². The fourth-order valence-corrected chi connectivity index (χ4v) is 2.94. The Hall–Kier alpha value is -2.08. The Morgan fingerprint density at radius 2 is 1.48 bits per heavy atom. The summed E-state index contributed by atoms with van der Waals surface area (Å²) in [5.41, 5.74) is 6.55. The van der Waals surface area contributed by atoms with Gasteiger partial charge in [-0.1, -0.05) is 19.3 Å². The van der Waals surface area contributed by atoms with Gasteiger partial charge in [0.15, 0.2) is 11.6 Å². The molecular weight excluding hydrogens is 264 g/mol. The summed E-state index contributed by atoms with van der Waals surface area (Å²) in [7, 11) is 0. The molecule has 1 unspecified atom stereocenters. The molecule has 0 aromatic carbocycles. The lowest BCUT2D eigenvalue weighted by Gasteiger charge is -2.35. The van der Waals surface area contributed by atoms with Crippen molar-refractivity contribution in [2.45, 2.75) is 38.3 Å². The summed E-state index contributed by atoms with van der Waals surface area (Å²) in [5.74, 6) is 1.88. The Morgan fingerprint density at radius 3 is 1.95 bits per heavy atom. The topological polar surface area (TPSA) is 80.8 Å². The molecule has 2 aromatic rings. The van der Waals surface area contributed by atoms with E-state index in [4.69, 9.17) is 5.73 Å². The lowest BCUT2D eigenvalue weighted by atomic mass is 9.86.